The van der Waals surface area contributed by atoms with Gasteiger partial charge in [-0.05, 0) is 43.2 Å². The monoisotopic (exact) mass is 444 g/mol. The minimum absolute atomic E-state index is 0.0497. The molecule has 0 saturated carbocycles. The average Bonchev–Trinajstić information content (AvgIpc) is 2.79. The van der Waals surface area contributed by atoms with Crippen LogP contribution in [0, 0.1) is 11.8 Å². The molecule has 32 heavy (non-hydrogen) atoms. The van der Waals surface area contributed by atoms with E-state index in [4.69, 9.17) is 9.90 Å². The van der Waals surface area contributed by atoms with Crippen molar-refractivity contribution in [3.8, 4) is 0 Å². The highest BCUT2D eigenvalue weighted by Gasteiger charge is 2.47. The second-order valence-electron chi connectivity index (χ2n) is 9.12. The van der Waals surface area contributed by atoms with Gasteiger partial charge in [0.25, 0.3) is 6.47 Å². The third-order valence-electron chi connectivity index (χ3n) is 6.96. The van der Waals surface area contributed by atoms with Crippen LogP contribution in [0.25, 0.3) is 0 Å². The number of nitrogens with zero attached hydrogens (tertiary/aromatic N) is 2. The van der Waals surface area contributed by atoms with Crippen molar-refractivity contribution in [1.82, 2.24) is 20.4 Å². The predicted octanol–water partition coefficient (Wildman–Crippen LogP) is 1.31. The maximum Gasteiger partial charge on any atom is 0.290 e. The SMILES string of the molecule is CC(=O)NC[C@H]1[C@H]2C[C@H](CN(CC(=O)NCc3ccccc3)C2)[C@@H]2CCCCN21.O=CO. The van der Waals surface area contributed by atoms with Crippen LogP contribution in [0.5, 0.6) is 0 Å². The van der Waals surface area contributed by atoms with Gasteiger partial charge in [-0.3, -0.25) is 24.2 Å². The molecular weight excluding hydrogens is 408 g/mol. The molecule has 1 aromatic carbocycles. The molecule has 2 bridgehead atoms. The molecule has 8 nitrogen and oxygen atoms in total. The van der Waals surface area contributed by atoms with E-state index in [-0.39, 0.29) is 18.3 Å². The van der Waals surface area contributed by atoms with Gasteiger partial charge in [-0.1, -0.05) is 36.8 Å². The van der Waals surface area contributed by atoms with E-state index in [0.717, 1.165) is 31.7 Å². The van der Waals surface area contributed by atoms with E-state index >= 15 is 0 Å². The van der Waals surface area contributed by atoms with E-state index in [2.05, 4.69) is 20.4 Å². The van der Waals surface area contributed by atoms with Gasteiger partial charge in [-0.15, -0.1) is 0 Å². The molecule has 4 rings (SSSR count). The third kappa shape index (κ3) is 6.53. The molecule has 3 aliphatic rings. The summed E-state index contributed by atoms with van der Waals surface area (Å²) in [7, 11) is 0. The molecule has 0 spiro atoms. The summed E-state index contributed by atoms with van der Waals surface area (Å²) in [5.41, 5.74) is 1.13. The number of rotatable bonds is 6. The summed E-state index contributed by atoms with van der Waals surface area (Å²) < 4.78 is 0. The Labute approximate surface area is 190 Å². The minimum atomic E-state index is -0.250. The topological polar surface area (TPSA) is 102 Å². The van der Waals surface area contributed by atoms with Crippen LogP contribution in [0.1, 0.15) is 38.2 Å². The number of carboxylic acid groups (broad SMARTS) is 1. The summed E-state index contributed by atoms with van der Waals surface area (Å²) in [5.74, 6) is 1.32. The first-order valence-corrected chi connectivity index (χ1v) is 11.6. The van der Waals surface area contributed by atoms with Crippen LogP contribution in [0.2, 0.25) is 0 Å². The Balaban J connectivity index is 0.000000913. The molecule has 0 radical (unpaired) electrons. The van der Waals surface area contributed by atoms with Gasteiger partial charge in [0.2, 0.25) is 11.8 Å². The number of nitrogens with one attached hydrogen (secondary N) is 2. The van der Waals surface area contributed by atoms with Crippen molar-refractivity contribution < 1.29 is 19.5 Å². The Kier molecular flexibility index (Phi) is 9.05. The maximum atomic E-state index is 12.6. The van der Waals surface area contributed by atoms with Crippen molar-refractivity contribution in [2.24, 2.45) is 11.8 Å². The zero-order chi connectivity index (χ0) is 22.9. The fourth-order valence-corrected chi connectivity index (χ4v) is 5.72. The van der Waals surface area contributed by atoms with Gasteiger partial charge in [0.05, 0.1) is 6.54 Å². The summed E-state index contributed by atoms with van der Waals surface area (Å²) >= 11 is 0. The zero-order valence-electron chi connectivity index (χ0n) is 18.9. The summed E-state index contributed by atoms with van der Waals surface area (Å²) in [4.78, 5) is 37.5. The summed E-state index contributed by atoms with van der Waals surface area (Å²) in [6.07, 6.45) is 5.04. The van der Waals surface area contributed by atoms with Gasteiger partial charge in [0, 0.05) is 45.2 Å². The summed E-state index contributed by atoms with van der Waals surface area (Å²) in [6, 6.07) is 11.1. The van der Waals surface area contributed by atoms with E-state index in [1.54, 1.807) is 6.92 Å². The molecule has 0 aromatic heterocycles. The number of likely N-dealkylation sites (tertiary alicyclic amines) is 1. The Morgan fingerprint density at radius 1 is 1.12 bits per heavy atom. The third-order valence-corrected chi connectivity index (χ3v) is 6.96. The molecule has 3 N–H and O–H groups in total. The van der Waals surface area contributed by atoms with Gasteiger partial charge in [0.15, 0.2) is 0 Å². The predicted molar refractivity (Wildman–Crippen MR) is 122 cm³/mol. The number of carbonyl (C=O) groups excluding carboxylic acids is 2. The standard InChI is InChI=1S/C23H34N4O2.CH2O2/c1-17(28)24-13-22-20-11-19(21-9-5-6-10-27(21)22)14-26(15-20)16-23(29)25-12-18-7-3-2-4-8-18;2-1-3/h2-4,7-8,19-22H,5-6,9-16H2,1H3,(H,24,28)(H,25,29);1H,(H,2,3)/t19-,20+,21+,22+;/m1./s1. The first-order valence-electron chi connectivity index (χ1n) is 11.6. The average molecular weight is 445 g/mol. The molecule has 3 saturated heterocycles. The molecule has 3 aliphatic heterocycles. The number of carbonyl (C=O) groups is 3. The number of hydrogen-bond donors (Lipinski definition) is 3. The number of benzene rings is 1. The van der Waals surface area contributed by atoms with Gasteiger partial charge >= 0.3 is 0 Å². The molecule has 176 valence electrons. The molecular formula is C24H36N4O4. The maximum absolute atomic E-state index is 12.6. The van der Waals surface area contributed by atoms with E-state index in [1.807, 2.05) is 30.3 Å². The molecule has 2 amide bonds. The Bertz CT molecular complexity index is 760. The van der Waals surface area contributed by atoms with Gasteiger partial charge in [0.1, 0.15) is 0 Å². The van der Waals surface area contributed by atoms with Gasteiger partial charge in [-0.25, -0.2) is 0 Å². The highest BCUT2D eigenvalue weighted by Crippen LogP contribution is 2.40. The summed E-state index contributed by atoms with van der Waals surface area (Å²) in [5, 5.41) is 13.0. The van der Waals surface area contributed by atoms with E-state index < -0.39 is 0 Å². The van der Waals surface area contributed by atoms with E-state index in [1.165, 1.54) is 25.7 Å². The van der Waals surface area contributed by atoms with E-state index in [0.29, 0.717) is 37.0 Å². The lowest BCUT2D eigenvalue weighted by atomic mass is 9.72. The van der Waals surface area contributed by atoms with E-state index in [9.17, 15) is 9.59 Å². The van der Waals surface area contributed by atoms with Crippen LogP contribution in [-0.2, 0) is 20.9 Å². The van der Waals surface area contributed by atoms with Crippen LogP contribution in [0.3, 0.4) is 0 Å². The quantitative estimate of drug-likeness (QED) is 0.572. The van der Waals surface area contributed by atoms with Crippen LogP contribution in [0.4, 0.5) is 0 Å². The fraction of sp³-hybridized carbons (Fsp3) is 0.625. The van der Waals surface area contributed by atoms with Crippen molar-refractivity contribution in [3.63, 3.8) is 0 Å². The number of piperidine rings is 3. The van der Waals surface area contributed by atoms with Crippen molar-refractivity contribution in [2.75, 3.05) is 32.7 Å². The molecule has 0 aliphatic carbocycles. The lowest BCUT2D eigenvalue weighted by molar-refractivity contribution is -0.126. The zero-order valence-corrected chi connectivity index (χ0v) is 18.9. The fourth-order valence-electron chi connectivity index (χ4n) is 5.72. The Hall–Kier alpha value is -2.45. The second-order valence-corrected chi connectivity index (χ2v) is 9.12. The molecule has 8 heteroatoms. The van der Waals surface area contributed by atoms with Gasteiger partial charge in [-0.2, -0.15) is 0 Å². The van der Waals surface area contributed by atoms with Crippen molar-refractivity contribution in [3.05, 3.63) is 35.9 Å². The first kappa shape index (κ1) is 24.2. The first-order chi connectivity index (χ1) is 15.5. The number of amides is 2. The van der Waals surface area contributed by atoms with Crippen LogP contribution in [0.15, 0.2) is 30.3 Å². The van der Waals surface area contributed by atoms with Crippen molar-refractivity contribution in [1.29, 1.82) is 0 Å². The lowest BCUT2D eigenvalue weighted by Crippen LogP contribution is -2.66. The molecule has 4 atom stereocenters. The highest BCUT2D eigenvalue weighted by atomic mass is 16.3. The highest BCUT2D eigenvalue weighted by molar-refractivity contribution is 5.78. The molecule has 1 aromatic rings. The second kappa shape index (κ2) is 12.0. The van der Waals surface area contributed by atoms with Crippen LogP contribution < -0.4 is 10.6 Å². The lowest BCUT2D eigenvalue weighted by Gasteiger charge is -2.56. The van der Waals surface area contributed by atoms with Crippen molar-refractivity contribution in [2.45, 2.75) is 51.2 Å². The van der Waals surface area contributed by atoms with Crippen LogP contribution in [-0.4, -0.2) is 78.0 Å². The van der Waals surface area contributed by atoms with Gasteiger partial charge < -0.3 is 15.7 Å². The van der Waals surface area contributed by atoms with Crippen LogP contribution >= 0.6 is 0 Å². The Morgan fingerprint density at radius 3 is 2.56 bits per heavy atom. The smallest absolute Gasteiger partial charge is 0.290 e. The molecule has 3 heterocycles. The largest absolute Gasteiger partial charge is 0.483 e. The number of hydrogen-bond acceptors (Lipinski definition) is 5. The molecule has 0 unspecified atom stereocenters. The normalized spacial score (nSPS) is 27.3. The summed E-state index contributed by atoms with van der Waals surface area (Å²) in [6.45, 7) is 6.26. The number of fused-ring (bicyclic) bond motifs is 4. The Morgan fingerprint density at radius 2 is 1.84 bits per heavy atom. The van der Waals surface area contributed by atoms with Crippen molar-refractivity contribution >= 4 is 18.3 Å². The minimum Gasteiger partial charge on any atom is -0.483 e. The molecule has 3 fully saturated rings.